The molecule has 0 aliphatic heterocycles. The molecule has 1 N–H and O–H groups in total. The van der Waals surface area contributed by atoms with Gasteiger partial charge in [-0.1, -0.05) is 24.3 Å². The van der Waals surface area contributed by atoms with Crippen molar-refractivity contribution in [2.75, 3.05) is 13.7 Å². The van der Waals surface area contributed by atoms with Crippen molar-refractivity contribution in [3.8, 4) is 11.5 Å². The van der Waals surface area contributed by atoms with E-state index >= 15 is 0 Å². The predicted octanol–water partition coefficient (Wildman–Crippen LogP) is 4.31. The number of aryl methyl sites for hydroxylation is 1. The van der Waals surface area contributed by atoms with E-state index in [1.165, 1.54) is 13.2 Å². The van der Waals surface area contributed by atoms with E-state index in [1.54, 1.807) is 12.1 Å². The first kappa shape index (κ1) is 20.1. The minimum Gasteiger partial charge on any atom is -0.493 e. The molecule has 2 aromatic carbocycles. The van der Waals surface area contributed by atoms with E-state index < -0.39 is 6.61 Å². The molecule has 1 aliphatic rings. The Morgan fingerprint density at radius 1 is 1.17 bits per heavy atom. The highest BCUT2D eigenvalue weighted by Crippen LogP contribution is 2.31. The molecule has 0 saturated carbocycles. The number of nitrogens with zero attached hydrogens (tertiary/aromatic N) is 1. The number of aromatic nitrogens is 1. The lowest BCUT2D eigenvalue weighted by Crippen LogP contribution is -2.27. The van der Waals surface area contributed by atoms with Gasteiger partial charge in [0.25, 0.3) is 5.91 Å². The van der Waals surface area contributed by atoms with Gasteiger partial charge in [0.1, 0.15) is 0 Å². The third-order valence-electron chi connectivity index (χ3n) is 5.29. The van der Waals surface area contributed by atoms with Gasteiger partial charge in [0, 0.05) is 17.6 Å². The number of para-hydroxylation sites is 1. The summed E-state index contributed by atoms with van der Waals surface area (Å²) < 4.78 is 34.8. The number of hydrogen-bond acceptors (Lipinski definition) is 4. The molecule has 5 nitrogen and oxygen atoms in total. The Bertz CT molecular complexity index is 1090. The SMILES string of the molecule is COc1ccc(CCNC(=O)c2c3c(nc4ccccc24)CCC3)cc1OC(F)F. The molecule has 0 atom stereocenters. The Kier molecular flexibility index (Phi) is 5.79. The number of methoxy groups -OCH3 is 1. The molecule has 1 amide bonds. The molecule has 0 unspecified atom stereocenters. The number of pyridine rings is 1. The van der Waals surface area contributed by atoms with Gasteiger partial charge in [0.2, 0.25) is 0 Å². The second-order valence-electron chi connectivity index (χ2n) is 7.15. The van der Waals surface area contributed by atoms with E-state index in [2.05, 4.69) is 10.1 Å². The fraction of sp³-hybridized carbons (Fsp3) is 0.304. The maximum Gasteiger partial charge on any atom is 0.387 e. The van der Waals surface area contributed by atoms with Crippen molar-refractivity contribution in [3.63, 3.8) is 0 Å². The summed E-state index contributed by atoms with van der Waals surface area (Å²) in [6, 6.07) is 12.5. The molecular weight excluding hydrogens is 390 g/mol. The summed E-state index contributed by atoms with van der Waals surface area (Å²) in [6.45, 7) is -2.57. The quantitative estimate of drug-likeness (QED) is 0.628. The number of amides is 1. The third-order valence-corrected chi connectivity index (χ3v) is 5.29. The van der Waals surface area contributed by atoms with Gasteiger partial charge in [-0.25, -0.2) is 0 Å². The number of halogens is 2. The molecular formula is C23H22F2N2O3. The van der Waals surface area contributed by atoms with Crippen LogP contribution < -0.4 is 14.8 Å². The summed E-state index contributed by atoms with van der Waals surface area (Å²) >= 11 is 0. The van der Waals surface area contributed by atoms with E-state index in [0.717, 1.165) is 47.0 Å². The molecule has 1 aliphatic carbocycles. The Morgan fingerprint density at radius 2 is 2.00 bits per heavy atom. The van der Waals surface area contributed by atoms with Gasteiger partial charge in [0.15, 0.2) is 11.5 Å². The van der Waals surface area contributed by atoms with Crippen LogP contribution >= 0.6 is 0 Å². The van der Waals surface area contributed by atoms with Crippen LogP contribution in [-0.4, -0.2) is 31.2 Å². The van der Waals surface area contributed by atoms with Crippen LogP contribution in [0, 0.1) is 0 Å². The van der Waals surface area contributed by atoms with Gasteiger partial charge in [-0.05, 0) is 55.0 Å². The Morgan fingerprint density at radius 3 is 2.80 bits per heavy atom. The van der Waals surface area contributed by atoms with Crippen molar-refractivity contribution in [2.24, 2.45) is 0 Å². The van der Waals surface area contributed by atoms with Crippen LogP contribution in [0.3, 0.4) is 0 Å². The molecule has 4 rings (SSSR count). The summed E-state index contributed by atoms with van der Waals surface area (Å²) in [5.74, 6) is 0.0838. The second kappa shape index (κ2) is 8.65. The van der Waals surface area contributed by atoms with Crippen molar-refractivity contribution < 1.29 is 23.0 Å². The molecule has 0 radical (unpaired) electrons. The fourth-order valence-corrected chi connectivity index (χ4v) is 3.94. The lowest BCUT2D eigenvalue weighted by molar-refractivity contribution is -0.0512. The van der Waals surface area contributed by atoms with E-state index in [0.29, 0.717) is 18.5 Å². The molecule has 156 valence electrons. The number of benzene rings is 2. The smallest absolute Gasteiger partial charge is 0.387 e. The molecule has 1 aromatic heterocycles. The monoisotopic (exact) mass is 412 g/mol. The highest BCUT2D eigenvalue weighted by atomic mass is 19.3. The highest BCUT2D eigenvalue weighted by molar-refractivity contribution is 6.07. The number of hydrogen-bond donors (Lipinski definition) is 1. The first-order chi connectivity index (χ1) is 14.6. The summed E-state index contributed by atoms with van der Waals surface area (Å²) in [5.41, 5.74) is 4.32. The zero-order valence-electron chi connectivity index (χ0n) is 16.6. The first-order valence-electron chi connectivity index (χ1n) is 9.87. The van der Waals surface area contributed by atoms with Gasteiger partial charge >= 0.3 is 6.61 Å². The fourth-order valence-electron chi connectivity index (χ4n) is 3.94. The molecule has 0 bridgehead atoms. The van der Waals surface area contributed by atoms with Crippen LogP contribution in [-0.2, 0) is 19.3 Å². The van der Waals surface area contributed by atoms with E-state index in [-0.39, 0.29) is 17.4 Å². The number of ether oxygens (including phenoxy) is 2. The van der Waals surface area contributed by atoms with E-state index in [4.69, 9.17) is 9.72 Å². The maximum atomic E-state index is 13.0. The molecule has 0 fully saturated rings. The van der Waals surface area contributed by atoms with Crippen LogP contribution in [0.1, 0.15) is 33.6 Å². The van der Waals surface area contributed by atoms with Crippen molar-refractivity contribution in [2.45, 2.75) is 32.3 Å². The van der Waals surface area contributed by atoms with Gasteiger partial charge < -0.3 is 14.8 Å². The van der Waals surface area contributed by atoms with Crippen LogP contribution in [0.4, 0.5) is 8.78 Å². The van der Waals surface area contributed by atoms with Crippen LogP contribution in [0.2, 0.25) is 0 Å². The van der Waals surface area contributed by atoms with Crippen LogP contribution in [0.25, 0.3) is 10.9 Å². The van der Waals surface area contributed by atoms with Gasteiger partial charge in [-0.15, -0.1) is 0 Å². The zero-order chi connectivity index (χ0) is 21.1. The minimum atomic E-state index is -2.93. The normalized spacial score (nSPS) is 12.8. The second-order valence-corrected chi connectivity index (χ2v) is 7.15. The number of alkyl halides is 2. The summed E-state index contributed by atoms with van der Waals surface area (Å²) in [6.07, 6.45) is 3.21. The maximum absolute atomic E-state index is 13.0. The number of nitrogens with one attached hydrogen (secondary N) is 1. The molecule has 3 aromatic rings. The van der Waals surface area contributed by atoms with Crippen LogP contribution in [0.15, 0.2) is 42.5 Å². The standard InChI is InChI=1S/C23H22F2N2O3/c1-29-19-10-9-14(13-20(19)30-23(24)25)11-12-26-22(28)21-15-5-2-3-7-17(15)27-18-8-4-6-16(18)21/h2-3,5,7,9-10,13,23H,4,6,8,11-12H2,1H3,(H,26,28). The van der Waals surface area contributed by atoms with Crippen molar-refractivity contribution in [1.82, 2.24) is 10.3 Å². The van der Waals surface area contributed by atoms with E-state index in [9.17, 15) is 13.6 Å². The Hall–Kier alpha value is -3.22. The van der Waals surface area contributed by atoms with Crippen molar-refractivity contribution >= 4 is 16.8 Å². The molecule has 30 heavy (non-hydrogen) atoms. The highest BCUT2D eigenvalue weighted by Gasteiger charge is 2.23. The third kappa shape index (κ3) is 4.06. The predicted molar refractivity (Wildman–Crippen MR) is 109 cm³/mol. The summed E-state index contributed by atoms with van der Waals surface area (Å²) in [5, 5.41) is 3.83. The lowest BCUT2D eigenvalue weighted by atomic mass is 10.0. The Labute approximate surface area is 173 Å². The lowest BCUT2D eigenvalue weighted by Gasteiger charge is -2.14. The number of rotatable bonds is 7. The van der Waals surface area contributed by atoms with Crippen LogP contribution in [0.5, 0.6) is 11.5 Å². The topological polar surface area (TPSA) is 60.5 Å². The van der Waals surface area contributed by atoms with Gasteiger partial charge in [-0.2, -0.15) is 8.78 Å². The minimum absolute atomic E-state index is 0.0192. The zero-order valence-corrected chi connectivity index (χ0v) is 16.6. The van der Waals surface area contributed by atoms with Gasteiger partial charge in [0.05, 0.1) is 18.2 Å². The average Bonchev–Trinajstić information content (AvgIpc) is 3.19. The number of fused-ring (bicyclic) bond motifs is 2. The number of carbonyl (C=O) groups is 1. The molecule has 0 spiro atoms. The molecule has 0 saturated heterocycles. The average molecular weight is 412 g/mol. The largest absolute Gasteiger partial charge is 0.493 e. The molecule has 7 heteroatoms. The van der Waals surface area contributed by atoms with Gasteiger partial charge in [-0.3, -0.25) is 9.78 Å². The van der Waals surface area contributed by atoms with Crippen molar-refractivity contribution in [3.05, 3.63) is 64.8 Å². The molecule has 1 heterocycles. The summed E-state index contributed by atoms with van der Waals surface area (Å²) in [7, 11) is 1.39. The Balaban J connectivity index is 1.50. The van der Waals surface area contributed by atoms with E-state index in [1.807, 2.05) is 24.3 Å². The number of carbonyl (C=O) groups excluding carboxylic acids is 1. The summed E-state index contributed by atoms with van der Waals surface area (Å²) in [4.78, 5) is 17.7. The van der Waals surface area contributed by atoms with Crippen molar-refractivity contribution in [1.29, 1.82) is 0 Å². The first-order valence-corrected chi connectivity index (χ1v) is 9.87.